The third kappa shape index (κ3) is 5.62. The maximum absolute atomic E-state index is 12.6. The highest BCUT2D eigenvalue weighted by Gasteiger charge is 2.23. The quantitative estimate of drug-likeness (QED) is 0.668. The summed E-state index contributed by atoms with van der Waals surface area (Å²) in [7, 11) is 1.54. The van der Waals surface area contributed by atoms with Gasteiger partial charge in [-0.2, -0.15) is 0 Å². The van der Waals surface area contributed by atoms with Crippen LogP contribution in [0.3, 0.4) is 0 Å². The zero-order valence-electron chi connectivity index (χ0n) is 16.6. The van der Waals surface area contributed by atoms with E-state index in [-0.39, 0.29) is 11.8 Å². The summed E-state index contributed by atoms with van der Waals surface area (Å²) >= 11 is 6.29. The van der Waals surface area contributed by atoms with Gasteiger partial charge in [0, 0.05) is 12.6 Å². The molecule has 1 heterocycles. The number of benzene rings is 2. The molecular weight excluding hydrogens is 392 g/mol. The van der Waals surface area contributed by atoms with Crippen molar-refractivity contribution in [3.8, 4) is 5.75 Å². The first kappa shape index (κ1) is 21.0. The lowest BCUT2D eigenvalue weighted by molar-refractivity contribution is -0.892. The molecule has 0 atom stereocenters. The van der Waals surface area contributed by atoms with E-state index < -0.39 is 0 Å². The first-order valence-corrected chi connectivity index (χ1v) is 9.92. The Labute approximate surface area is 175 Å². The Morgan fingerprint density at radius 1 is 1.14 bits per heavy atom. The van der Waals surface area contributed by atoms with E-state index >= 15 is 0 Å². The van der Waals surface area contributed by atoms with Gasteiger partial charge in [-0.3, -0.25) is 9.59 Å². The maximum atomic E-state index is 12.6. The molecule has 154 valence electrons. The van der Waals surface area contributed by atoms with Gasteiger partial charge in [-0.25, -0.2) is 0 Å². The van der Waals surface area contributed by atoms with Gasteiger partial charge >= 0.3 is 0 Å². The first-order valence-electron chi connectivity index (χ1n) is 9.55. The van der Waals surface area contributed by atoms with E-state index in [0.717, 1.165) is 36.9 Å². The van der Waals surface area contributed by atoms with Crippen molar-refractivity contribution in [1.29, 1.82) is 0 Å². The van der Waals surface area contributed by atoms with Crippen LogP contribution in [-0.4, -0.2) is 51.6 Å². The molecule has 1 aliphatic heterocycles. The van der Waals surface area contributed by atoms with Crippen LogP contribution in [0.15, 0.2) is 42.5 Å². The van der Waals surface area contributed by atoms with Crippen molar-refractivity contribution in [3.05, 3.63) is 47.5 Å². The molecule has 1 fully saturated rings. The van der Waals surface area contributed by atoms with E-state index in [9.17, 15) is 9.59 Å². The molecule has 7 nitrogen and oxygen atoms in total. The third-order valence-electron chi connectivity index (χ3n) is 4.87. The highest BCUT2D eigenvalue weighted by molar-refractivity contribution is 6.33. The number of nitrogens with one attached hydrogen (secondary N) is 3. The summed E-state index contributed by atoms with van der Waals surface area (Å²) in [6.07, 6.45) is 0. The molecule has 0 radical (unpaired) electrons. The molecule has 2 aromatic rings. The number of carbonyl (C=O) groups is 2. The number of ether oxygens (including phenoxy) is 1. The maximum Gasteiger partial charge on any atom is 0.279 e. The van der Waals surface area contributed by atoms with Crippen molar-refractivity contribution in [2.75, 3.05) is 55.4 Å². The highest BCUT2D eigenvalue weighted by Crippen LogP contribution is 2.28. The Kier molecular flexibility index (Phi) is 6.95. The molecule has 0 spiro atoms. The minimum Gasteiger partial charge on any atom is -0.495 e. The molecule has 29 heavy (non-hydrogen) atoms. The van der Waals surface area contributed by atoms with Crippen LogP contribution in [0.25, 0.3) is 0 Å². The number of anilines is 3. The summed E-state index contributed by atoms with van der Waals surface area (Å²) in [5.41, 5.74) is 2.18. The summed E-state index contributed by atoms with van der Waals surface area (Å²) in [6.45, 7) is 5.18. The summed E-state index contributed by atoms with van der Waals surface area (Å²) in [4.78, 5) is 27.3. The number of amides is 2. The number of para-hydroxylation sites is 1. The van der Waals surface area contributed by atoms with Gasteiger partial charge < -0.3 is 25.2 Å². The van der Waals surface area contributed by atoms with Crippen molar-refractivity contribution in [3.63, 3.8) is 0 Å². The Morgan fingerprint density at radius 2 is 1.86 bits per heavy atom. The zero-order chi connectivity index (χ0) is 20.8. The normalized spacial score (nSPS) is 14.4. The molecule has 3 rings (SSSR count). The monoisotopic (exact) mass is 417 g/mol. The third-order valence-corrected chi connectivity index (χ3v) is 5.19. The second-order valence-corrected chi connectivity index (χ2v) is 7.42. The minimum absolute atomic E-state index is 0.0931. The lowest BCUT2D eigenvalue weighted by Gasteiger charge is -2.33. The summed E-state index contributed by atoms with van der Waals surface area (Å²) in [6, 6.07) is 13.0. The molecule has 0 aliphatic carbocycles. The predicted octanol–water partition coefficient (Wildman–Crippen LogP) is 1.65. The zero-order valence-corrected chi connectivity index (χ0v) is 17.4. The molecular formula is C21H26ClN4O3+. The van der Waals surface area contributed by atoms with Gasteiger partial charge in [0.25, 0.3) is 5.91 Å². The molecule has 0 bridgehead atoms. The fourth-order valence-corrected chi connectivity index (χ4v) is 3.71. The predicted molar refractivity (Wildman–Crippen MR) is 115 cm³/mol. The van der Waals surface area contributed by atoms with Crippen LogP contribution >= 0.6 is 11.6 Å². The fourth-order valence-electron chi connectivity index (χ4n) is 3.46. The van der Waals surface area contributed by atoms with Gasteiger partial charge in [0.2, 0.25) is 5.91 Å². The Hall–Kier alpha value is -2.77. The van der Waals surface area contributed by atoms with E-state index in [0.29, 0.717) is 23.7 Å². The number of piperazine rings is 1. The number of methoxy groups -OCH3 is 1. The molecule has 0 aromatic heterocycles. The van der Waals surface area contributed by atoms with E-state index in [1.54, 1.807) is 25.3 Å². The van der Waals surface area contributed by atoms with Gasteiger partial charge in [0.15, 0.2) is 6.54 Å². The molecule has 3 N–H and O–H groups in total. The number of hydrogen-bond donors (Lipinski definition) is 3. The number of carbonyl (C=O) groups excluding carboxylic acids is 2. The van der Waals surface area contributed by atoms with Crippen LogP contribution in [0.1, 0.15) is 6.92 Å². The van der Waals surface area contributed by atoms with Crippen LogP contribution in [0.2, 0.25) is 5.02 Å². The number of nitrogens with zero attached hydrogens (tertiary/aromatic N) is 1. The van der Waals surface area contributed by atoms with Crippen molar-refractivity contribution in [2.45, 2.75) is 6.92 Å². The lowest BCUT2D eigenvalue weighted by atomic mass is 10.2. The van der Waals surface area contributed by atoms with Crippen LogP contribution < -0.4 is 25.2 Å². The Bertz CT molecular complexity index is 882. The lowest BCUT2D eigenvalue weighted by Crippen LogP contribution is -3.15. The van der Waals surface area contributed by atoms with Crippen molar-refractivity contribution in [2.24, 2.45) is 0 Å². The number of hydrogen-bond acceptors (Lipinski definition) is 4. The molecule has 2 aromatic carbocycles. The molecule has 2 amide bonds. The molecule has 8 heteroatoms. The van der Waals surface area contributed by atoms with Crippen molar-refractivity contribution < 1.29 is 19.2 Å². The van der Waals surface area contributed by atoms with Gasteiger partial charge in [0.1, 0.15) is 5.75 Å². The van der Waals surface area contributed by atoms with E-state index in [1.165, 1.54) is 11.8 Å². The Morgan fingerprint density at radius 3 is 2.52 bits per heavy atom. The summed E-state index contributed by atoms with van der Waals surface area (Å²) < 4.78 is 5.32. The van der Waals surface area contributed by atoms with E-state index in [2.05, 4.69) is 15.5 Å². The average molecular weight is 418 g/mol. The average Bonchev–Trinajstić information content (AvgIpc) is 2.69. The fraction of sp³-hybridized carbons (Fsp3) is 0.333. The van der Waals surface area contributed by atoms with Gasteiger partial charge in [-0.15, -0.1) is 0 Å². The van der Waals surface area contributed by atoms with E-state index in [1.807, 2.05) is 24.3 Å². The number of quaternary nitrogens is 1. The minimum atomic E-state index is -0.173. The highest BCUT2D eigenvalue weighted by atomic mass is 35.5. The SMILES string of the molecule is COc1ccc(NC(C)=O)cc1NC(=O)C[NH+]1CCN(c2ccccc2Cl)CC1. The summed E-state index contributed by atoms with van der Waals surface area (Å²) in [5, 5.41) is 6.36. The smallest absolute Gasteiger partial charge is 0.279 e. The molecule has 1 saturated heterocycles. The van der Waals surface area contributed by atoms with Crippen molar-refractivity contribution in [1.82, 2.24) is 0 Å². The largest absolute Gasteiger partial charge is 0.495 e. The molecule has 1 aliphatic rings. The molecule has 0 saturated carbocycles. The van der Waals surface area contributed by atoms with Gasteiger partial charge in [0.05, 0.1) is 49.7 Å². The topological polar surface area (TPSA) is 75.1 Å². The second-order valence-electron chi connectivity index (χ2n) is 7.01. The number of halogens is 1. The first-order chi connectivity index (χ1) is 14.0. The Balaban J connectivity index is 1.56. The molecule has 0 unspecified atom stereocenters. The van der Waals surface area contributed by atoms with Crippen LogP contribution in [0.5, 0.6) is 5.75 Å². The summed E-state index contributed by atoms with van der Waals surface area (Å²) in [5.74, 6) is 0.281. The van der Waals surface area contributed by atoms with Gasteiger partial charge in [-0.1, -0.05) is 23.7 Å². The van der Waals surface area contributed by atoms with Crippen LogP contribution in [0.4, 0.5) is 17.1 Å². The standard InChI is InChI=1S/C21H25ClN4O3/c1-15(27)23-16-7-8-20(29-2)18(13-16)24-21(28)14-25-9-11-26(12-10-25)19-6-4-3-5-17(19)22/h3-8,13H,9-12,14H2,1-2H3,(H,23,27)(H,24,28)/p+1. The van der Waals surface area contributed by atoms with Crippen LogP contribution in [0, 0.1) is 0 Å². The second kappa shape index (κ2) is 9.62. The van der Waals surface area contributed by atoms with Crippen molar-refractivity contribution >= 4 is 40.5 Å². The van der Waals surface area contributed by atoms with Gasteiger partial charge in [-0.05, 0) is 30.3 Å². The van der Waals surface area contributed by atoms with E-state index in [4.69, 9.17) is 16.3 Å². The van der Waals surface area contributed by atoms with Crippen LogP contribution in [-0.2, 0) is 9.59 Å². The number of rotatable bonds is 6.